The standard InChI is InChI=1S/C20H14N4.4C6HF5O.Pt/c1-2-14-10-16-5-6-18(23-16)12-20-8-7-19(24-20)11-17-4-3-15(22-17)9-13(1)21-14;4*7-1-2(8)4(10)6(12)5(11)3(1)9;/h1-12,21-22H;4*12H;. The Bertz CT molecular complexity index is 2740. The Morgan fingerprint density at radius 2 is 0.411 bits per heavy atom. The van der Waals surface area contributed by atoms with E-state index in [1.165, 1.54) is 0 Å². The Labute approximate surface area is 405 Å². The maximum atomic E-state index is 12.2. The number of nitrogens with zero attached hydrogens (tertiary/aromatic N) is 2. The minimum Gasteiger partial charge on any atom is -0.503 e. The van der Waals surface area contributed by atoms with Crippen LogP contribution in [-0.2, 0) is 21.1 Å². The van der Waals surface area contributed by atoms with Gasteiger partial charge in [-0.3, -0.25) is 0 Å². The fourth-order valence-electron chi connectivity index (χ4n) is 5.32. The van der Waals surface area contributed by atoms with Gasteiger partial charge in [-0.1, -0.05) is 0 Å². The summed E-state index contributed by atoms with van der Waals surface area (Å²) < 4.78 is 243. The van der Waals surface area contributed by atoms with Crippen molar-refractivity contribution in [2.45, 2.75) is 0 Å². The molecule has 7 aromatic rings. The Morgan fingerprint density at radius 1 is 0.247 bits per heavy atom. The molecule has 5 heterocycles. The number of benzene rings is 4. The maximum Gasteiger partial charge on any atom is 0.206 e. The van der Waals surface area contributed by atoms with Crippen LogP contribution in [0.4, 0.5) is 87.8 Å². The second-order valence-corrected chi connectivity index (χ2v) is 13.6. The van der Waals surface area contributed by atoms with Gasteiger partial charge in [0, 0.05) is 43.1 Å². The van der Waals surface area contributed by atoms with Crippen LogP contribution in [0.15, 0.2) is 48.5 Å². The van der Waals surface area contributed by atoms with Crippen molar-refractivity contribution in [3.63, 3.8) is 0 Å². The fourth-order valence-corrected chi connectivity index (χ4v) is 5.32. The van der Waals surface area contributed by atoms with Crippen LogP contribution in [0.5, 0.6) is 23.0 Å². The van der Waals surface area contributed by atoms with Gasteiger partial charge in [0.1, 0.15) is 0 Å². The molecule has 2 aliphatic rings. The van der Waals surface area contributed by atoms with Crippen LogP contribution in [0.25, 0.3) is 46.4 Å². The molecule has 73 heavy (non-hydrogen) atoms. The molecule has 8 bridgehead atoms. The smallest absolute Gasteiger partial charge is 0.206 e. The fraction of sp³-hybridized carbons (Fsp3) is 0. The van der Waals surface area contributed by atoms with Crippen LogP contribution in [0.2, 0.25) is 0 Å². The number of halogens is 20. The number of H-pyrrole nitrogens is 2. The zero-order valence-electron chi connectivity index (χ0n) is 34.5. The van der Waals surface area contributed by atoms with Gasteiger partial charge in [-0.15, -0.1) is 0 Å². The number of phenolic OH excluding ortho intramolecular Hbond substituents is 4. The van der Waals surface area contributed by atoms with Crippen LogP contribution in [-0.4, -0.2) is 40.4 Å². The number of aromatic nitrogens is 4. The van der Waals surface area contributed by atoms with Gasteiger partial charge in [-0.05, 0) is 72.8 Å². The minimum absolute atomic E-state index is 0. The van der Waals surface area contributed by atoms with E-state index in [1.807, 2.05) is 42.5 Å². The molecule has 0 atom stereocenters. The molecule has 0 aliphatic carbocycles. The Balaban J connectivity index is 0.000000206. The van der Waals surface area contributed by atoms with Crippen molar-refractivity contribution in [1.82, 2.24) is 19.9 Å². The molecule has 8 nitrogen and oxygen atoms in total. The van der Waals surface area contributed by atoms with Crippen molar-refractivity contribution < 1.29 is 129 Å². The molecule has 0 unspecified atom stereocenters. The molecule has 2 aliphatic heterocycles. The van der Waals surface area contributed by atoms with E-state index in [4.69, 9.17) is 20.4 Å². The van der Waals surface area contributed by atoms with Crippen molar-refractivity contribution in [3.8, 4) is 23.0 Å². The molecule has 388 valence electrons. The third-order valence-corrected chi connectivity index (χ3v) is 8.79. The third-order valence-electron chi connectivity index (χ3n) is 8.79. The van der Waals surface area contributed by atoms with Crippen molar-refractivity contribution in [2.24, 2.45) is 0 Å². The summed E-state index contributed by atoms with van der Waals surface area (Å²) in [6, 6.07) is 16.4. The van der Waals surface area contributed by atoms with Crippen LogP contribution in [0.3, 0.4) is 0 Å². The predicted molar refractivity (Wildman–Crippen MR) is 210 cm³/mol. The molecule has 0 saturated carbocycles. The quantitative estimate of drug-likeness (QED) is 0.0508. The van der Waals surface area contributed by atoms with Crippen molar-refractivity contribution in [3.05, 3.63) is 188 Å². The number of aromatic hydroxyl groups is 4. The molecular formula is C44H18F20N4O4Pt. The van der Waals surface area contributed by atoms with Crippen molar-refractivity contribution in [2.75, 3.05) is 0 Å². The van der Waals surface area contributed by atoms with E-state index in [-0.39, 0.29) is 21.1 Å². The average molecular weight is 1240 g/mol. The van der Waals surface area contributed by atoms with Gasteiger partial charge in [0.05, 0.1) is 22.8 Å². The molecular weight excluding hydrogens is 1220 g/mol. The van der Waals surface area contributed by atoms with Gasteiger partial charge in [0.25, 0.3) is 0 Å². The zero-order valence-corrected chi connectivity index (χ0v) is 36.8. The van der Waals surface area contributed by atoms with Crippen molar-refractivity contribution in [1.29, 1.82) is 0 Å². The van der Waals surface area contributed by atoms with E-state index in [2.05, 4.69) is 50.3 Å². The topological polar surface area (TPSA) is 138 Å². The average Bonchev–Trinajstić information content (AvgIpc) is 4.22. The van der Waals surface area contributed by atoms with E-state index in [0.29, 0.717) is 0 Å². The third kappa shape index (κ3) is 12.5. The number of hydrogen-bond donors (Lipinski definition) is 6. The van der Waals surface area contributed by atoms with Crippen LogP contribution < -0.4 is 0 Å². The van der Waals surface area contributed by atoms with E-state index in [0.717, 1.165) is 44.8 Å². The number of phenols is 4. The molecule has 0 spiro atoms. The van der Waals surface area contributed by atoms with Gasteiger partial charge >= 0.3 is 0 Å². The first-order valence-electron chi connectivity index (χ1n) is 18.5. The van der Waals surface area contributed by atoms with Gasteiger partial charge < -0.3 is 30.4 Å². The SMILES string of the molecule is C1=Cc2cc3ccc(cc4ccc(cc5nc(cc1n2)C=C5)[nH]4)[nH]3.Oc1c(F)c(F)c(F)c(F)c1F.Oc1c(F)c(F)c(F)c(F)c1F.Oc1c(F)c(F)c(F)c(F)c1F.Oc1c(F)c(F)c(F)c(F)c1F.[Pt]. The summed E-state index contributed by atoms with van der Waals surface area (Å²) >= 11 is 0. The van der Waals surface area contributed by atoms with Crippen LogP contribution >= 0.6 is 0 Å². The normalized spacial score (nSPS) is 11.0. The predicted octanol–water partition coefficient (Wildman–Crippen LogP) is 13.0. The van der Waals surface area contributed by atoms with Gasteiger partial charge in [0.2, 0.25) is 116 Å². The number of fused-ring (bicyclic) bond motifs is 8. The molecule has 4 aromatic carbocycles. The van der Waals surface area contributed by atoms with Crippen LogP contribution in [0, 0.1) is 116 Å². The molecule has 9 rings (SSSR count). The number of nitrogens with one attached hydrogen (secondary N) is 2. The molecule has 3 aromatic heterocycles. The Morgan fingerprint density at radius 3 is 0.616 bits per heavy atom. The van der Waals surface area contributed by atoms with Crippen LogP contribution in [0.1, 0.15) is 22.8 Å². The molecule has 0 fully saturated rings. The Hall–Kier alpha value is -8.03. The molecule has 6 N–H and O–H groups in total. The minimum atomic E-state index is -2.29. The second kappa shape index (κ2) is 23.5. The first-order chi connectivity index (χ1) is 33.7. The summed E-state index contributed by atoms with van der Waals surface area (Å²) in [7, 11) is 0. The summed E-state index contributed by atoms with van der Waals surface area (Å²) in [6.07, 6.45) is 8.05. The molecule has 0 radical (unpaired) electrons. The first-order valence-corrected chi connectivity index (χ1v) is 18.5. The largest absolute Gasteiger partial charge is 0.503 e. The molecule has 0 amide bonds. The van der Waals surface area contributed by atoms with E-state index >= 15 is 0 Å². The first kappa shape index (κ1) is 57.5. The maximum absolute atomic E-state index is 12.2. The summed E-state index contributed by atoms with van der Waals surface area (Å²) in [5.41, 5.74) is 7.86. The molecule has 0 saturated heterocycles. The number of rotatable bonds is 0. The van der Waals surface area contributed by atoms with Gasteiger partial charge in [0.15, 0.2) is 23.0 Å². The van der Waals surface area contributed by atoms with Gasteiger partial charge in [-0.2, -0.15) is 35.1 Å². The second-order valence-electron chi connectivity index (χ2n) is 13.6. The van der Waals surface area contributed by atoms with E-state index in [1.54, 1.807) is 0 Å². The van der Waals surface area contributed by atoms with E-state index < -0.39 is 139 Å². The van der Waals surface area contributed by atoms with Crippen molar-refractivity contribution >= 4 is 46.4 Å². The Kier molecular flexibility index (Phi) is 18.5. The van der Waals surface area contributed by atoms with E-state index in [9.17, 15) is 87.8 Å². The summed E-state index contributed by atoms with van der Waals surface area (Å²) in [4.78, 5) is 16.0. The number of aromatic amines is 2. The van der Waals surface area contributed by atoms with Gasteiger partial charge in [-0.25, -0.2) is 62.7 Å². The summed E-state index contributed by atoms with van der Waals surface area (Å²) in [5, 5.41) is 33.2. The molecule has 29 heteroatoms. The number of hydrogen-bond acceptors (Lipinski definition) is 6. The summed E-state index contributed by atoms with van der Waals surface area (Å²) in [6.45, 7) is 0. The summed E-state index contributed by atoms with van der Waals surface area (Å²) in [5.74, 6) is -51.8. The monoisotopic (exact) mass is 1240 g/mol. The zero-order chi connectivity index (χ0) is 53.8.